The molecule has 130 valence electrons. The van der Waals surface area contributed by atoms with E-state index in [1.165, 1.54) is 0 Å². The number of amides is 1. The topological polar surface area (TPSA) is 50.1 Å². The molecule has 2 saturated heterocycles. The standard InChI is InChI=1S/C17H24N4O2S/c1-2-13-10-21(12-15(13)19-3-6-23-7-4-19)16(22)9-14-11-20-5-8-24-17(20)18-14/h5,8,11,13,15H,2-4,6-7,9-10,12H2,1H3/t13-,15-/m1/s1. The largest absolute Gasteiger partial charge is 0.379 e. The van der Waals surface area contributed by atoms with Gasteiger partial charge < -0.3 is 9.64 Å². The highest BCUT2D eigenvalue weighted by Crippen LogP contribution is 2.26. The molecule has 2 aromatic heterocycles. The molecule has 2 aliphatic rings. The molecule has 2 atom stereocenters. The number of nitrogens with zero attached hydrogens (tertiary/aromatic N) is 4. The summed E-state index contributed by atoms with van der Waals surface area (Å²) in [4.78, 5) is 22.8. The Hall–Kier alpha value is -1.44. The Morgan fingerprint density at radius 1 is 1.38 bits per heavy atom. The van der Waals surface area contributed by atoms with Gasteiger partial charge in [0.05, 0.1) is 25.3 Å². The predicted octanol–water partition coefficient (Wildman–Crippen LogP) is 1.51. The van der Waals surface area contributed by atoms with Gasteiger partial charge in [-0.2, -0.15) is 0 Å². The summed E-state index contributed by atoms with van der Waals surface area (Å²) < 4.78 is 7.46. The third-order valence-electron chi connectivity index (χ3n) is 5.27. The molecule has 0 saturated carbocycles. The molecular formula is C17H24N4O2S. The summed E-state index contributed by atoms with van der Waals surface area (Å²) in [6, 6.07) is 0.480. The van der Waals surface area contributed by atoms with Crippen molar-refractivity contribution in [1.29, 1.82) is 0 Å². The second kappa shape index (κ2) is 6.82. The van der Waals surface area contributed by atoms with Crippen molar-refractivity contribution in [3.05, 3.63) is 23.5 Å². The van der Waals surface area contributed by atoms with Crippen molar-refractivity contribution in [2.45, 2.75) is 25.8 Å². The van der Waals surface area contributed by atoms with E-state index in [2.05, 4.69) is 16.8 Å². The predicted molar refractivity (Wildman–Crippen MR) is 93.3 cm³/mol. The number of hydrogen-bond acceptors (Lipinski definition) is 5. The van der Waals surface area contributed by atoms with E-state index in [9.17, 15) is 4.79 Å². The molecule has 2 aromatic rings. The molecule has 0 N–H and O–H groups in total. The first-order valence-electron chi connectivity index (χ1n) is 8.75. The second-order valence-corrected chi connectivity index (χ2v) is 7.56. The van der Waals surface area contributed by atoms with E-state index in [4.69, 9.17) is 4.74 Å². The zero-order valence-corrected chi connectivity index (χ0v) is 14.9. The van der Waals surface area contributed by atoms with E-state index in [1.54, 1.807) is 11.3 Å². The van der Waals surface area contributed by atoms with E-state index >= 15 is 0 Å². The van der Waals surface area contributed by atoms with Crippen LogP contribution in [0.25, 0.3) is 4.96 Å². The van der Waals surface area contributed by atoms with Crippen molar-refractivity contribution in [3.8, 4) is 0 Å². The number of morpholine rings is 1. The third kappa shape index (κ3) is 3.08. The highest BCUT2D eigenvalue weighted by atomic mass is 32.1. The number of thiazole rings is 1. The first-order valence-corrected chi connectivity index (χ1v) is 9.63. The zero-order chi connectivity index (χ0) is 16.5. The third-order valence-corrected chi connectivity index (χ3v) is 6.04. The molecule has 0 spiro atoms. The van der Waals surface area contributed by atoms with Crippen LogP contribution in [0.5, 0.6) is 0 Å². The van der Waals surface area contributed by atoms with Crippen molar-refractivity contribution in [2.75, 3.05) is 39.4 Å². The highest BCUT2D eigenvalue weighted by molar-refractivity contribution is 7.15. The van der Waals surface area contributed by atoms with Crippen LogP contribution in [0.2, 0.25) is 0 Å². The molecule has 0 aromatic carbocycles. The lowest BCUT2D eigenvalue weighted by atomic mass is 9.99. The maximum absolute atomic E-state index is 12.7. The van der Waals surface area contributed by atoms with Crippen LogP contribution in [0, 0.1) is 5.92 Å². The Labute approximate surface area is 146 Å². The minimum absolute atomic E-state index is 0.204. The van der Waals surface area contributed by atoms with Crippen LogP contribution < -0.4 is 0 Å². The summed E-state index contributed by atoms with van der Waals surface area (Å²) in [7, 11) is 0. The van der Waals surface area contributed by atoms with Crippen LogP contribution >= 0.6 is 11.3 Å². The number of imidazole rings is 1. The minimum atomic E-state index is 0.204. The van der Waals surface area contributed by atoms with Crippen LogP contribution in [0.3, 0.4) is 0 Å². The van der Waals surface area contributed by atoms with Crippen molar-refractivity contribution >= 4 is 22.2 Å². The van der Waals surface area contributed by atoms with Crippen molar-refractivity contribution in [3.63, 3.8) is 0 Å². The maximum Gasteiger partial charge on any atom is 0.228 e. The van der Waals surface area contributed by atoms with Gasteiger partial charge in [0.15, 0.2) is 4.96 Å². The number of likely N-dealkylation sites (tertiary alicyclic amines) is 1. The van der Waals surface area contributed by atoms with Crippen LogP contribution in [0.1, 0.15) is 19.0 Å². The molecule has 4 rings (SSSR count). The Morgan fingerprint density at radius 3 is 2.96 bits per heavy atom. The SMILES string of the molecule is CC[C@@H]1CN(C(=O)Cc2cn3ccsc3n2)C[C@H]1N1CCOCC1. The molecule has 6 nitrogen and oxygen atoms in total. The van der Waals surface area contributed by atoms with Gasteiger partial charge in [-0.15, -0.1) is 11.3 Å². The van der Waals surface area contributed by atoms with E-state index in [-0.39, 0.29) is 5.91 Å². The first-order chi connectivity index (χ1) is 11.7. The fourth-order valence-electron chi connectivity index (χ4n) is 3.91. The Morgan fingerprint density at radius 2 is 2.21 bits per heavy atom. The van der Waals surface area contributed by atoms with E-state index < -0.39 is 0 Å². The van der Waals surface area contributed by atoms with Gasteiger partial charge in [0.2, 0.25) is 5.91 Å². The Kier molecular flexibility index (Phi) is 4.56. The molecule has 0 bridgehead atoms. The van der Waals surface area contributed by atoms with Crippen LogP contribution in [-0.2, 0) is 16.0 Å². The van der Waals surface area contributed by atoms with Gasteiger partial charge in [0.25, 0.3) is 0 Å². The van der Waals surface area contributed by atoms with Gasteiger partial charge in [-0.05, 0) is 5.92 Å². The van der Waals surface area contributed by atoms with Gasteiger partial charge in [0.1, 0.15) is 0 Å². The second-order valence-electron chi connectivity index (χ2n) is 6.68. The highest BCUT2D eigenvalue weighted by Gasteiger charge is 2.38. The summed E-state index contributed by atoms with van der Waals surface area (Å²) in [6.07, 6.45) is 5.47. The number of fused-ring (bicyclic) bond motifs is 1. The van der Waals surface area contributed by atoms with Gasteiger partial charge in [-0.3, -0.25) is 14.1 Å². The van der Waals surface area contributed by atoms with E-state index in [1.807, 2.05) is 27.1 Å². The zero-order valence-electron chi connectivity index (χ0n) is 14.1. The molecule has 7 heteroatoms. The maximum atomic E-state index is 12.7. The summed E-state index contributed by atoms with van der Waals surface area (Å²) in [5.74, 6) is 0.771. The van der Waals surface area contributed by atoms with Gasteiger partial charge in [-0.25, -0.2) is 4.98 Å². The summed E-state index contributed by atoms with van der Waals surface area (Å²) in [5, 5.41) is 2.01. The molecule has 24 heavy (non-hydrogen) atoms. The number of aromatic nitrogens is 2. The molecule has 4 heterocycles. The number of ether oxygens (including phenoxy) is 1. The lowest BCUT2D eigenvalue weighted by Gasteiger charge is -2.34. The summed E-state index contributed by atoms with van der Waals surface area (Å²) in [6.45, 7) is 7.55. The average molecular weight is 348 g/mol. The molecule has 0 aliphatic carbocycles. The molecular weight excluding hydrogens is 324 g/mol. The molecule has 2 aliphatic heterocycles. The normalized spacial score (nSPS) is 25.6. The Balaban J connectivity index is 1.41. The van der Waals surface area contributed by atoms with Crippen LogP contribution in [-0.4, -0.2) is 70.5 Å². The Bertz CT molecular complexity index is 678. The van der Waals surface area contributed by atoms with E-state index in [0.29, 0.717) is 18.4 Å². The number of carbonyl (C=O) groups excluding carboxylic acids is 1. The van der Waals surface area contributed by atoms with Crippen LogP contribution in [0.15, 0.2) is 17.8 Å². The van der Waals surface area contributed by atoms with Crippen molar-refractivity contribution in [2.24, 2.45) is 5.92 Å². The van der Waals surface area contributed by atoms with Crippen molar-refractivity contribution < 1.29 is 9.53 Å². The molecule has 0 unspecified atom stereocenters. The number of carbonyl (C=O) groups is 1. The lowest BCUT2D eigenvalue weighted by Crippen LogP contribution is -2.47. The molecule has 2 fully saturated rings. The molecule has 0 radical (unpaired) electrons. The van der Waals surface area contributed by atoms with Crippen molar-refractivity contribution in [1.82, 2.24) is 19.2 Å². The van der Waals surface area contributed by atoms with Gasteiger partial charge in [0, 0.05) is 50.0 Å². The van der Waals surface area contributed by atoms with Gasteiger partial charge >= 0.3 is 0 Å². The fraction of sp³-hybridized carbons (Fsp3) is 0.647. The minimum Gasteiger partial charge on any atom is -0.379 e. The monoisotopic (exact) mass is 348 g/mol. The molecule has 1 amide bonds. The summed E-state index contributed by atoms with van der Waals surface area (Å²) >= 11 is 1.60. The number of hydrogen-bond donors (Lipinski definition) is 0. The van der Waals surface area contributed by atoms with Crippen LogP contribution in [0.4, 0.5) is 0 Å². The number of rotatable bonds is 4. The van der Waals surface area contributed by atoms with Gasteiger partial charge in [-0.1, -0.05) is 13.3 Å². The average Bonchev–Trinajstić information content (AvgIpc) is 3.29. The first kappa shape index (κ1) is 16.1. The lowest BCUT2D eigenvalue weighted by molar-refractivity contribution is -0.129. The fourth-order valence-corrected chi connectivity index (χ4v) is 4.63. The smallest absolute Gasteiger partial charge is 0.228 e. The summed E-state index contributed by atoms with van der Waals surface area (Å²) in [5.41, 5.74) is 0.870. The quantitative estimate of drug-likeness (QED) is 0.840. The van der Waals surface area contributed by atoms with E-state index in [0.717, 1.165) is 56.5 Å².